The number of rotatable bonds is 7. The second-order valence-electron chi connectivity index (χ2n) is 9.16. The van der Waals surface area contributed by atoms with Gasteiger partial charge in [0.25, 0.3) is 0 Å². The summed E-state index contributed by atoms with van der Waals surface area (Å²) in [5.74, 6) is 0.415. The monoisotopic (exact) mass is 489 g/mol. The Labute approximate surface area is 200 Å². The van der Waals surface area contributed by atoms with Crippen LogP contribution in [0.4, 0.5) is 11.4 Å². The lowest BCUT2D eigenvalue weighted by molar-refractivity contribution is -0.119. The Morgan fingerprint density at radius 2 is 1.82 bits per heavy atom. The highest BCUT2D eigenvalue weighted by atomic mass is 32.2. The number of pyridine rings is 1. The fraction of sp³-hybridized carbons (Fsp3) is 0.500. The van der Waals surface area contributed by atoms with Crippen LogP contribution in [-0.2, 0) is 37.5 Å². The molecule has 9 nitrogen and oxygen atoms in total. The van der Waals surface area contributed by atoms with Gasteiger partial charge in [0.05, 0.1) is 38.8 Å². The quantitative estimate of drug-likeness (QED) is 0.609. The van der Waals surface area contributed by atoms with Crippen LogP contribution in [0.1, 0.15) is 44.2 Å². The number of aromatic nitrogens is 1. The van der Waals surface area contributed by atoms with Gasteiger partial charge in [-0.2, -0.15) is 0 Å². The molecule has 2 aliphatic heterocycles. The summed E-state index contributed by atoms with van der Waals surface area (Å²) in [6.07, 6.45) is 5.16. The van der Waals surface area contributed by atoms with Gasteiger partial charge in [-0.1, -0.05) is 0 Å². The Kier molecular flexibility index (Phi) is 7.11. The summed E-state index contributed by atoms with van der Waals surface area (Å²) in [5.41, 5.74) is 4.37. The van der Waals surface area contributed by atoms with E-state index < -0.39 is 10.0 Å². The van der Waals surface area contributed by atoms with Crippen LogP contribution >= 0.6 is 0 Å². The van der Waals surface area contributed by atoms with Crippen molar-refractivity contribution in [3.63, 3.8) is 0 Å². The van der Waals surface area contributed by atoms with Crippen molar-refractivity contribution in [2.75, 3.05) is 23.4 Å². The number of fused-ring (bicyclic) bond motifs is 1. The van der Waals surface area contributed by atoms with Gasteiger partial charge in [0, 0.05) is 29.4 Å². The average Bonchev–Trinajstić information content (AvgIpc) is 3.20. The number of ether oxygens (including phenoxy) is 3. The molecule has 4 rings (SSSR count). The van der Waals surface area contributed by atoms with Crippen molar-refractivity contribution < 1.29 is 27.4 Å². The molecule has 34 heavy (non-hydrogen) atoms. The number of hydrogen-bond donors (Lipinski definition) is 2. The number of carbonyl (C=O) groups excluding carboxylic acids is 1. The summed E-state index contributed by atoms with van der Waals surface area (Å²) >= 11 is 0. The van der Waals surface area contributed by atoms with Crippen molar-refractivity contribution in [3.05, 3.63) is 35.5 Å². The molecule has 0 radical (unpaired) electrons. The number of nitrogens with zero attached hydrogens (tertiary/aromatic N) is 1. The molecule has 2 N–H and O–H groups in total. The molecule has 1 aromatic carbocycles. The van der Waals surface area contributed by atoms with Gasteiger partial charge in [-0.15, -0.1) is 0 Å². The Morgan fingerprint density at radius 3 is 2.50 bits per heavy atom. The van der Waals surface area contributed by atoms with Crippen LogP contribution in [0.15, 0.2) is 24.4 Å². The van der Waals surface area contributed by atoms with Crippen LogP contribution in [-0.4, -0.2) is 44.9 Å². The molecule has 3 atom stereocenters. The molecule has 1 amide bonds. The van der Waals surface area contributed by atoms with E-state index in [1.165, 1.54) is 7.11 Å². The molecule has 0 bridgehead atoms. The molecule has 10 heteroatoms. The number of hydrogen-bond acceptors (Lipinski definition) is 7. The molecular weight excluding hydrogens is 458 g/mol. The first-order chi connectivity index (χ1) is 16.1. The van der Waals surface area contributed by atoms with Crippen LogP contribution in [0, 0.1) is 5.92 Å². The highest BCUT2D eigenvalue weighted by molar-refractivity contribution is 7.92. The number of carbonyl (C=O) groups is 1. The number of anilines is 2. The minimum atomic E-state index is -3.52. The molecule has 1 fully saturated rings. The van der Waals surface area contributed by atoms with Crippen molar-refractivity contribution in [2.24, 2.45) is 5.92 Å². The highest BCUT2D eigenvalue weighted by Crippen LogP contribution is 2.36. The van der Waals surface area contributed by atoms with Crippen molar-refractivity contribution in [1.82, 2.24) is 4.98 Å². The van der Waals surface area contributed by atoms with Gasteiger partial charge in [0.2, 0.25) is 21.8 Å². The molecule has 0 saturated carbocycles. The molecule has 1 aromatic heterocycles. The highest BCUT2D eigenvalue weighted by Gasteiger charge is 2.27. The van der Waals surface area contributed by atoms with Gasteiger partial charge < -0.3 is 19.5 Å². The van der Waals surface area contributed by atoms with Crippen molar-refractivity contribution in [2.45, 2.75) is 58.5 Å². The molecular formula is C24H31N3O6S. The lowest BCUT2D eigenvalue weighted by Crippen LogP contribution is -2.31. The predicted molar refractivity (Wildman–Crippen MR) is 129 cm³/mol. The van der Waals surface area contributed by atoms with Gasteiger partial charge in [0.1, 0.15) is 5.69 Å². The lowest BCUT2D eigenvalue weighted by Gasteiger charge is -2.31. The van der Waals surface area contributed by atoms with Gasteiger partial charge in [-0.05, 0) is 61.9 Å². The molecule has 2 aliphatic rings. The van der Waals surface area contributed by atoms with Crippen LogP contribution in [0.25, 0.3) is 11.1 Å². The summed E-state index contributed by atoms with van der Waals surface area (Å²) in [6, 6.07) is 5.53. The van der Waals surface area contributed by atoms with E-state index in [4.69, 9.17) is 14.2 Å². The zero-order valence-corrected chi connectivity index (χ0v) is 20.7. The Bertz CT molecular complexity index is 1170. The predicted octanol–water partition coefficient (Wildman–Crippen LogP) is 3.69. The Hall–Kier alpha value is -2.69. The third-order valence-electron chi connectivity index (χ3n) is 6.06. The fourth-order valence-corrected chi connectivity index (χ4v) is 5.34. The zero-order valence-electron chi connectivity index (χ0n) is 19.9. The first-order valence-corrected chi connectivity index (χ1v) is 13.2. The minimum absolute atomic E-state index is 0.0372. The van der Waals surface area contributed by atoms with Gasteiger partial charge in [0.15, 0.2) is 0 Å². The van der Waals surface area contributed by atoms with Gasteiger partial charge >= 0.3 is 0 Å². The van der Waals surface area contributed by atoms with E-state index in [9.17, 15) is 13.2 Å². The Balaban J connectivity index is 1.60. The second kappa shape index (κ2) is 9.89. The summed E-state index contributed by atoms with van der Waals surface area (Å²) in [5, 5.41) is 3.09. The maximum atomic E-state index is 12.9. The standard InChI is InChI=1S/C24H31N3O6S/c1-14-5-16(6-15(2)33-14)7-23(28)26-21-9-17(8-19-12-32-13-20(19)21)18-10-22(27-34(4,29)30)24(31-3)25-11-18/h8-11,14-16,27H,5-7,12-13H2,1-4H3,(H,26,28)/t14-,15+,16?. The van der Waals surface area contributed by atoms with E-state index in [0.29, 0.717) is 30.9 Å². The van der Waals surface area contributed by atoms with Crippen molar-refractivity contribution in [3.8, 4) is 17.0 Å². The molecule has 184 valence electrons. The van der Waals surface area contributed by atoms with Crippen molar-refractivity contribution in [1.29, 1.82) is 0 Å². The van der Waals surface area contributed by atoms with Crippen LogP contribution < -0.4 is 14.8 Å². The maximum Gasteiger partial charge on any atom is 0.238 e. The smallest absolute Gasteiger partial charge is 0.238 e. The average molecular weight is 490 g/mol. The van der Waals surface area contributed by atoms with Crippen LogP contribution in [0.5, 0.6) is 5.88 Å². The van der Waals surface area contributed by atoms with Crippen LogP contribution in [0.3, 0.4) is 0 Å². The van der Waals surface area contributed by atoms with E-state index in [1.54, 1.807) is 12.3 Å². The SMILES string of the molecule is COc1ncc(-c2cc3c(c(NC(=O)CC4C[C@@H](C)O[C@@H](C)C4)c2)COC3)cc1NS(C)(=O)=O. The molecule has 0 spiro atoms. The normalized spacial score (nSPS) is 22.2. The molecule has 0 aliphatic carbocycles. The molecule has 3 heterocycles. The molecule has 1 saturated heterocycles. The number of nitrogens with one attached hydrogen (secondary N) is 2. The maximum absolute atomic E-state index is 12.9. The van der Waals surface area contributed by atoms with Gasteiger partial charge in [-0.3, -0.25) is 9.52 Å². The molecule has 2 aromatic rings. The van der Waals surface area contributed by atoms with Crippen molar-refractivity contribution >= 4 is 27.3 Å². The Morgan fingerprint density at radius 1 is 1.12 bits per heavy atom. The van der Waals surface area contributed by atoms with E-state index in [2.05, 4.69) is 15.0 Å². The number of methoxy groups -OCH3 is 1. The van der Waals surface area contributed by atoms with E-state index >= 15 is 0 Å². The fourth-order valence-electron chi connectivity index (χ4n) is 4.79. The van der Waals surface area contributed by atoms with E-state index in [0.717, 1.165) is 35.8 Å². The number of amides is 1. The first-order valence-electron chi connectivity index (χ1n) is 11.3. The first kappa shape index (κ1) is 24.4. The van der Waals surface area contributed by atoms with Gasteiger partial charge in [-0.25, -0.2) is 13.4 Å². The number of sulfonamides is 1. The van der Waals surface area contributed by atoms with E-state index in [1.807, 2.05) is 26.0 Å². The summed E-state index contributed by atoms with van der Waals surface area (Å²) in [4.78, 5) is 17.2. The summed E-state index contributed by atoms with van der Waals surface area (Å²) < 4.78 is 42.6. The zero-order chi connectivity index (χ0) is 24.5. The summed E-state index contributed by atoms with van der Waals surface area (Å²) in [7, 11) is -2.09. The largest absolute Gasteiger partial charge is 0.480 e. The third-order valence-corrected chi connectivity index (χ3v) is 6.65. The molecule has 1 unspecified atom stereocenters. The lowest BCUT2D eigenvalue weighted by atomic mass is 9.89. The van der Waals surface area contributed by atoms with Crippen LogP contribution in [0.2, 0.25) is 0 Å². The summed E-state index contributed by atoms with van der Waals surface area (Å²) in [6.45, 7) is 4.96. The minimum Gasteiger partial charge on any atom is -0.480 e. The topological polar surface area (TPSA) is 116 Å². The number of benzene rings is 1. The second-order valence-corrected chi connectivity index (χ2v) is 10.9. The van der Waals surface area contributed by atoms with E-state index in [-0.39, 0.29) is 35.6 Å². The third kappa shape index (κ3) is 5.86.